The fourth-order valence-electron chi connectivity index (χ4n) is 3.70. The van der Waals surface area contributed by atoms with E-state index in [2.05, 4.69) is 67.1 Å². The Bertz CT molecular complexity index is 966. The van der Waals surface area contributed by atoms with Gasteiger partial charge in [0.05, 0.1) is 0 Å². The Hall–Kier alpha value is -3.22. The molecule has 1 aliphatic rings. The van der Waals surface area contributed by atoms with Crippen molar-refractivity contribution in [2.45, 2.75) is 27.2 Å². The zero-order chi connectivity index (χ0) is 20.2. The number of aromatic nitrogens is 4. The van der Waals surface area contributed by atoms with Gasteiger partial charge in [0, 0.05) is 50.3 Å². The third-order valence-electron chi connectivity index (χ3n) is 5.26. The summed E-state index contributed by atoms with van der Waals surface area (Å²) in [6.07, 6.45) is 4.55. The number of nitrogens with zero attached hydrogens (tertiary/aromatic N) is 6. The van der Waals surface area contributed by atoms with E-state index in [9.17, 15) is 0 Å². The van der Waals surface area contributed by atoms with Gasteiger partial charge in [0.15, 0.2) is 0 Å². The van der Waals surface area contributed by atoms with Crippen molar-refractivity contribution in [1.82, 2.24) is 19.9 Å². The van der Waals surface area contributed by atoms with Crippen molar-refractivity contribution in [3.8, 4) is 0 Å². The molecule has 1 fully saturated rings. The molecule has 0 saturated carbocycles. The number of anilines is 4. The van der Waals surface area contributed by atoms with Gasteiger partial charge in [-0.3, -0.25) is 0 Å². The summed E-state index contributed by atoms with van der Waals surface area (Å²) >= 11 is 0. The molecular formula is C22H27N7. The van der Waals surface area contributed by atoms with Crippen LogP contribution in [-0.2, 0) is 6.42 Å². The summed E-state index contributed by atoms with van der Waals surface area (Å²) in [6.45, 7) is 9.73. The lowest BCUT2D eigenvalue weighted by Gasteiger charge is -2.35. The Morgan fingerprint density at radius 2 is 1.66 bits per heavy atom. The first-order valence-electron chi connectivity index (χ1n) is 10.1. The average molecular weight is 390 g/mol. The first-order valence-corrected chi connectivity index (χ1v) is 10.1. The number of piperazine rings is 1. The van der Waals surface area contributed by atoms with Gasteiger partial charge in [0.2, 0.25) is 5.95 Å². The second kappa shape index (κ2) is 8.43. The zero-order valence-electron chi connectivity index (χ0n) is 17.3. The molecular weight excluding hydrogens is 362 g/mol. The van der Waals surface area contributed by atoms with Crippen molar-refractivity contribution < 1.29 is 0 Å². The van der Waals surface area contributed by atoms with Gasteiger partial charge in [-0.25, -0.2) is 19.9 Å². The lowest BCUT2D eigenvalue weighted by atomic mass is 10.1. The van der Waals surface area contributed by atoms with E-state index < -0.39 is 0 Å². The minimum absolute atomic E-state index is 0.769. The van der Waals surface area contributed by atoms with Crippen LogP contribution in [0.25, 0.3) is 0 Å². The van der Waals surface area contributed by atoms with Gasteiger partial charge < -0.3 is 15.1 Å². The Labute approximate surface area is 171 Å². The van der Waals surface area contributed by atoms with Crippen LogP contribution in [-0.4, -0.2) is 46.1 Å². The van der Waals surface area contributed by atoms with E-state index in [1.165, 1.54) is 11.1 Å². The Kier molecular flexibility index (Phi) is 5.55. The third-order valence-corrected chi connectivity index (χ3v) is 5.26. The maximum atomic E-state index is 4.69. The first kappa shape index (κ1) is 19.1. The van der Waals surface area contributed by atoms with E-state index in [-0.39, 0.29) is 0 Å². The van der Waals surface area contributed by atoms with E-state index >= 15 is 0 Å². The van der Waals surface area contributed by atoms with Crippen LogP contribution in [0.4, 0.5) is 23.3 Å². The predicted octanol–water partition coefficient (Wildman–Crippen LogP) is 3.52. The highest BCUT2D eigenvalue weighted by molar-refractivity contribution is 5.66. The topological polar surface area (TPSA) is 70.1 Å². The molecule has 0 radical (unpaired) electrons. The number of hydrogen-bond donors (Lipinski definition) is 1. The highest BCUT2D eigenvalue weighted by atomic mass is 15.3. The summed E-state index contributed by atoms with van der Waals surface area (Å²) in [4.78, 5) is 22.5. The van der Waals surface area contributed by atoms with Crippen LogP contribution in [0.2, 0.25) is 0 Å². The van der Waals surface area contributed by atoms with Gasteiger partial charge in [0.1, 0.15) is 17.5 Å². The second-order valence-corrected chi connectivity index (χ2v) is 7.27. The molecule has 0 amide bonds. The molecule has 0 atom stereocenters. The molecule has 3 aromatic rings. The van der Waals surface area contributed by atoms with Crippen LogP contribution in [0.5, 0.6) is 0 Å². The normalized spacial score (nSPS) is 14.2. The molecule has 1 aliphatic heterocycles. The third kappa shape index (κ3) is 4.29. The van der Waals surface area contributed by atoms with Gasteiger partial charge in [-0.2, -0.15) is 0 Å². The Morgan fingerprint density at radius 1 is 0.931 bits per heavy atom. The summed E-state index contributed by atoms with van der Waals surface area (Å²) in [5, 5.41) is 3.54. The average Bonchev–Trinajstić information content (AvgIpc) is 2.75. The number of aryl methyl sites for hydroxylation is 3. The molecule has 2 aromatic heterocycles. The molecule has 0 bridgehead atoms. The van der Waals surface area contributed by atoms with Gasteiger partial charge in [0.25, 0.3) is 0 Å². The fraction of sp³-hybridized carbons (Fsp3) is 0.364. The van der Waals surface area contributed by atoms with E-state index in [0.29, 0.717) is 0 Å². The quantitative estimate of drug-likeness (QED) is 0.716. The van der Waals surface area contributed by atoms with Crippen molar-refractivity contribution in [3.63, 3.8) is 0 Å². The molecule has 0 spiro atoms. The predicted molar refractivity (Wildman–Crippen MR) is 117 cm³/mol. The van der Waals surface area contributed by atoms with Crippen molar-refractivity contribution in [3.05, 3.63) is 59.7 Å². The van der Waals surface area contributed by atoms with E-state index in [1.54, 1.807) is 12.4 Å². The zero-order valence-corrected chi connectivity index (χ0v) is 17.3. The highest BCUT2D eigenvalue weighted by Crippen LogP contribution is 2.26. The van der Waals surface area contributed by atoms with Gasteiger partial charge in [-0.15, -0.1) is 0 Å². The lowest BCUT2D eigenvalue weighted by Crippen LogP contribution is -2.47. The van der Waals surface area contributed by atoms with Gasteiger partial charge >= 0.3 is 0 Å². The molecule has 150 valence electrons. The molecule has 1 saturated heterocycles. The Balaban J connectivity index is 1.51. The molecule has 3 heterocycles. The molecule has 7 heteroatoms. The van der Waals surface area contributed by atoms with Crippen LogP contribution in [0.15, 0.2) is 42.7 Å². The monoisotopic (exact) mass is 389 g/mol. The van der Waals surface area contributed by atoms with E-state index in [4.69, 9.17) is 0 Å². The summed E-state index contributed by atoms with van der Waals surface area (Å²) in [5.74, 6) is 3.36. The number of rotatable bonds is 5. The number of nitrogens with one attached hydrogen (secondary N) is 1. The smallest absolute Gasteiger partial charge is 0.225 e. The molecule has 1 N–H and O–H groups in total. The van der Waals surface area contributed by atoms with E-state index in [1.807, 2.05) is 19.1 Å². The minimum Gasteiger partial charge on any atom is -0.353 e. The summed E-state index contributed by atoms with van der Waals surface area (Å²) < 4.78 is 0. The van der Waals surface area contributed by atoms with Crippen molar-refractivity contribution in [2.75, 3.05) is 41.3 Å². The van der Waals surface area contributed by atoms with E-state index in [0.717, 1.165) is 61.7 Å². The maximum absolute atomic E-state index is 4.69. The number of benzene rings is 1. The number of hydrogen-bond acceptors (Lipinski definition) is 7. The van der Waals surface area contributed by atoms with Crippen LogP contribution >= 0.6 is 0 Å². The second-order valence-electron chi connectivity index (χ2n) is 7.27. The van der Waals surface area contributed by atoms with Crippen LogP contribution in [0.1, 0.15) is 23.9 Å². The highest BCUT2D eigenvalue weighted by Gasteiger charge is 2.20. The molecule has 7 nitrogen and oxygen atoms in total. The molecule has 1 aromatic carbocycles. The van der Waals surface area contributed by atoms with Crippen LogP contribution < -0.4 is 15.1 Å². The van der Waals surface area contributed by atoms with Crippen LogP contribution in [0.3, 0.4) is 0 Å². The molecule has 0 unspecified atom stereocenters. The maximum Gasteiger partial charge on any atom is 0.225 e. The molecule has 0 aliphatic carbocycles. The summed E-state index contributed by atoms with van der Waals surface area (Å²) in [7, 11) is 0. The van der Waals surface area contributed by atoms with Crippen molar-refractivity contribution >= 4 is 23.3 Å². The standard InChI is InChI=1S/C22H27N7/c1-4-18-8-5-7-16(2)21(18)27-19-15-20(26-17(3)25-19)28-11-13-29(14-12-28)22-23-9-6-10-24-22/h5-10,15H,4,11-14H2,1-3H3,(H,25,26,27). The SMILES string of the molecule is CCc1cccc(C)c1Nc1cc(N2CCN(c3ncccn3)CC2)nc(C)n1. The Morgan fingerprint density at radius 3 is 2.38 bits per heavy atom. The lowest BCUT2D eigenvalue weighted by molar-refractivity contribution is 0.633. The molecule has 4 rings (SSSR count). The largest absolute Gasteiger partial charge is 0.353 e. The van der Waals surface area contributed by atoms with Crippen molar-refractivity contribution in [2.24, 2.45) is 0 Å². The first-order chi connectivity index (χ1) is 14.1. The summed E-state index contributed by atoms with van der Waals surface area (Å²) in [5.41, 5.74) is 3.66. The minimum atomic E-state index is 0.769. The van der Waals surface area contributed by atoms with Crippen molar-refractivity contribution in [1.29, 1.82) is 0 Å². The molecule has 29 heavy (non-hydrogen) atoms. The fourth-order valence-corrected chi connectivity index (χ4v) is 3.70. The van der Waals surface area contributed by atoms with Gasteiger partial charge in [-0.05, 0) is 37.5 Å². The summed E-state index contributed by atoms with van der Waals surface area (Å²) in [6, 6.07) is 10.3. The van der Waals surface area contributed by atoms with Crippen LogP contribution in [0, 0.1) is 13.8 Å². The van der Waals surface area contributed by atoms with Gasteiger partial charge in [-0.1, -0.05) is 25.1 Å². The number of para-hydroxylation sites is 1.